The van der Waals surface area contributed by atoms with Gasteiger partial charge in [0.15, 0.2) is 6.10 Å². The first-order valence-corrected chi connectivity index (χ1v) is 8.60. The number of hydrogen-bond donors (Lipinski definition) is 3. The summed E-state index contributed by atoms with van der Waals surface area (Å²) >= 11 is 6.08. The van der Waals surface area contributed by atoms with E-state index < -0.39 is 17.8 Å². The maximum absolute atomic E-state index is 14.3. The van der Waals surface area contributed by atoms with Crippen LogP contribution in [0.25, 0.3) is 0 Å². The first-order chi connectivity index (χ1) is 12.9. The van der Waals surface area contributed by atoms with Crippen LogP contribution in [0.1, 0.15) is 29.7 Å². The molecular formula is C19H21ClFN3O3. The quantitative estimate of drug-likeness (QED) is 0.474. The van der Waals surface area contributed by atoms with Crippen LogP contribution < -0.4 is 15.8 Å². The van der Waals surface area contributed by atoms with Gasteiger partial charge in [-0.1, -0.05) is 17.7 Å². The second-order valence-electron chi connectivity index (χ2n) is 5.67. The summed E-state index contributed by atoms with van der Waals surface area (Å²) in [5.74, 6) is -0.849. The highest BCUT2D eigenvalue weighted by atomic mass is 35.5. The number of amides is 1. The Morgan fingerprint density at radius 2 is 2.07 bits per heavy atom. The number of carbonyl (C=O) groups is 1. The van der Waals surface area contributed by atoms with Gasteiger partial charge in [0.05, 0.1) is 12.1 Å². The third-order valence-electron chi connectivity index (χ3n) is 3.85. The molecule has 2 rings (SSSR count). The minimum atomic E-state index is -1.09. The van der Waals surface area contributed by atoms with Gasteiger partial charge in [0.25, 0.3) is 5.91 Å². The molecule has 0 bridgehead atoms. The number of rotatable bonds is 8. The van der Waals surface area contributed by atoms with Gasteiger partial charge in [0.2, 0.25) is 0 Å². The third kappa shape index (κ3) is 5.18. The molecule has 6 nitrogen and oxygen atoms in total. The average molecular weight is 394 g/mol. The summed E-state index contributed by atoms with van der Waals surface area (Å²) in [6.45, 7) is 2.13. The van der Waals surface area contributed by atoms with E-state index in [0.717, 1.165) is 0 Å². The normalized spacial score (nSPS) is 11.7. The number of halogens is 2. The van der Waals surface area contributed by atoms with Crippen LogP contribution >= 0.6 is 11.6 Å². The Bertz CT molecular complexity index is 845. The molecule has 1 amide bonds. The summed E-state index contributed by atoms with van der Waals surface area (Å²) in [6, 6.07) is 9.16. The molecule has 4 N–H and O–H groups in total. The fraction of sp³-hybridized carbons (Fsp3) is 0.263. The van der Waals surface area contributed by atoms with E-state index in [1.54, 1.807) is 31.2 Å². The van der Waals surface area contributed by atoms with Crippen molar-refractivity contribution in [1.82, 2.24) is 5.32 Å². The molecule has 27 heavy (non-hydrogen) atoms. The molecule has 0 aromatic heterocycles. The average Bonchev–Trinajstić information content (AvgIpc) is 2.64. The number of methoxy groups -OCH3 is 1. The number of nitrogens with two attached hydrogens (primary N) is 1. The first kappa shape index (κ1) is 20.7. The van der Waals surface area contributed by atoms with E-state index in [4.69, 9.17) is 32.2 Å². The molecule has 0 aliphatic rings. The fourth-order valence-corrected chi connectivity index (χ4v) is 2.79. The highest BCUT2D eigenvalue weighted by molar-refractivity contribution is 6.34. The summed E-state index contributed by atoms with van der Waals surface area (Å²) in [4.78, 5) is 12.6. The number of ether oxygens (including phenoxy) is 2. The predicted molar refractivity (Wildman–Crippen MR) is 102 cm³/mol. The molecule has 0 radical (unpaired) electrons. The van der Waals surface area contributed by atoms with Gasteiger partial charge in [-0.15, -0.1) is 0 Å². The van der Waals surface area contributed by atoms with Crippen molar-refractivity contribution in [3.05, 3.63) is 63.9 Å². The maximum Gasteiger partial charge on any atom is 0.254 e. The number of carbonyl (C=O) groups excluding carboxylic acids is 1. The van der Waals surface area contributed by atoms with Crippen molar-refractivity contribution < 1.29 is 18.7 Å². The van der Waals surface area contributed by atoms with Crippen LogP contribution in [-0.4, -0.2) is 25.5 Å². The van der Waals surface area contributed by atoms with Gasteiger partial charge in [-0.3, -0.25) is 10.2 Å². The lowest BCUT2D eigenvalue weighted by atomic mass is 10.1. The highest BCUT2D eigenvalue weighted by Gasteiger charge is 2.24. The lowest BCUT2D eigenvalue weighted by molar-refractivity contribution is -0.133. The van der Waals surface area contributed by atoms with Crippen LogP contribution in [0.5, 0.6) is 5.75 Å². The second-order valence-corrected chi connectivity index (χ2v) is 6.08. The van der Waals surface area contributed by atoms with E-state index in [-0.39, 0.29) is 24.6 Å². The minimum Gasteiger partial charge on any atom is -0.497 e. The summed E-state index contributed by atoms with van der Waals surface area (Å²) in [5, 5.41) is 10.5. The molecule has 0 saturated carbocycles. The second kappa shape index (κ2) is 9.34. The SMILES string of the molecule is CCOC(C(=O)NCc1ccc(C(=N)N)c(Cl)c1)c1ccc(OC)cc1F. The largest absolute Gasteiger partial charge is 0.497 e. The monoisotopic (exact) mass is 393 g/mol. The Morgan fingerprint density at radius 3 is 2.63 bits per heavy atom. The van der Waals surface area contributed by atoms with Crippen molar-refractivity contribution in [2.45, 2.75) is 19.6 Å². The Hall–Kier alpha value is -2.64. The van der Waals surface area contributed by atoms with E-state index in [1.165, 1.54) is 19.2 Å². The zero-order valence-electron chi connectivity index (χ0n) is 15.0. The van der Waals surface area contributed by atoms with E-state index >= 15 is 0 Å². The van der Waals surface area contributed by atoms with Crippen molar-refractivity contribution in [2.24, 2.45) is 5.73 Å². The van der Waals surface area contributed by atoms with Gasteiger partial charge in [0, 0.05) is 30.3 Å². The summed E-state index contributed by atoms with van der Waals surface area (Å²) in [5.41, 5.74) is 6.68. The van der Waals surface area contributed by atoms with Gasteiger partial charge in [-0.25, -0.2) is 4.39 Å². The molecule has 1 unspecified atom stereocenters. The summed E-state index contributed by atoms with van der Waals surface area (Å²) < 4.78 is 24.7. The molecular weight excluding hydrogens is 373 g/mol. The van der Waals surface area contributed by atoms with Gasteiger partial charge in [0.1, 0.15) is 17.4 Å². The number of benzene rings is 2. The van der Waals surface area contributed by atoms with Crippen molar-refractivity contribution in [3.63, 3.8) is 0 Å². The maximum atomic E-state index is 14.3. The Balaban J connectivity index is 2.13. The zero-order chi connectivity index (χ0) is 20.0. The van der Waals surface area contributed by atoms with Gasteiger partial charge < -0.3 is 20.5 Å². The van der Waals surface area contributed by atoms with Gasteiger partial charge in [-0.2, -0.15) is 0 Å². The van der Waals surface area contributed by atoms with E-state index in [0.29, 0.717) is 21.9 Å². The van der Waals surface area contributed by atoms with Crippen LogP contribution in [-0.2, 0) is 16.1 Å². The fourth-order valence-electron chi connectivity index (χ4n) is 2.49. The molecule has 8 heteroatoms. The lowest BCUT2D eigenvalue weighted by Gasteiger charge is -2.18. The van der Waals surface area contributed by atoms with Crippen molar-refractivity contribution in [1.29, 1.82) is 5.41 Å². The summed E-state index contributed by atoms with van der Waals surface area (Å²) in [6.07, 6.45) is -1.09. The van der Waals surface area contributed by atoms with Crippen LogP contribution in [0.15, 0.2) is 36.4 Å². The number of hydrogen-bond acceptors (Lipinski definition) is 4. The Kier molecular flexibility index (Phi) is 7.15. The van der Waals surface area contributed by atoms with E-state index in [9.17, 15) is 9.18 Å². The van der Waals surface area contributed by atoms with Crippen LogP contribution in [0.3, 0.4) is 0 Å². The standard InChI is InChI=1S/C19H21ClFN3O3/c1-3-27-17(14-7-5-12(26-2)9-16(14)21)19(25)24-10-11-4-6-13(18(22)23)15(20)8-11/h4-9,17H,3,10H2,1-2H3,(H3,22,23)(H,24,25). The molecule has 0 spiro atoms. The van der Waals surface area contributed by atoms with Crippen LogP contribution in [0, 0.1) is 11.2 Å². The lowest BCUT2D eigenvalue weighted by Crippen LogP contribution is -2.31. The van der Waals surface area contributed by atoms with Crippen molar-refractivity contribution >= 4 is 23.3 Å². The van der Waals surface area contributed by atoms with E-state index in [1.807, 2.05) is 0 Å². The van der Waals surface area contributed by atoms with Crippen LogP contribution in [0.4, 0.5) is 4.39 Å². The molecule has 2 aromatic rings. The topological polar surface area (TPSA) is 97.4 Å². The van der Waals surface area contributed by atoms with Crippen molar-refractivity contribution in [3.8, 4) is 5.75 Å². The third-order valence-corrected chi connectivity index (χ3v) is 4.16. The molecule has 0 aliphatic carbocycles. The van der Waals surface area contributed by atoms with Gasteiger partial charge in [-0.05, 0) is 36.8 Å². The predicted octanol–water partition coefficient (Wildman–Crippen LogP) is 3.17. The molecule has 1 atom stereocenters. The first-order valence-electron chi connectivity index (χ1n) is 8.23. The van der Waals surface area contributed by atoms with E-state index in [2.05, 4.69) is 5.32 Å². The molecule has 144 valence electrons. The van der Waals surface area contributed by atoms with Crippen molar-refractivity contribution in [2.75, 3.05) is 13.7 Å². The number of amidine groups is 1. The minimum absolute atomic E-state index is 0.125. The molecule has 0 heterocycles. The number of nitrogen functional groups attached to an aromatic ring is 1. The smallest absolute Gasteiger partial charge is 0.254 e. The Morgan fingerprint density at radius 1 is 1.33 bits per heavy atom. The molecule has 0 aliphatic heterocycles. The number of nitrogens with one attached hydrogen (secondary N) is 2. The zero-order valence-corrected chi connectivity index (χ0v) is 15.8. The highest BCUT2D eigenvalue weighted by Crippen LogP contribution is 2.25. The van der Waals surface area contributed by atoms with Crippen LogP contribution in [0.2, 0.25) is 5.02 Å². The Labute approximate surface area is 161 Å². The molecule has 2 aromatic carbocycles. The summed E-state index contributed by atoms with van der Waals surface area (Å²) in [7, 11) is 1.43. The van der Waals surface area contributed by atoms with Gasteiger partial charge >= 0.3 is 0 Å². The molecule has 0 saturated heterocycles. The molecule has 0 fully saturated rings.